The van der Waals surface area contributed by atoms with E-state index in [0.29, 0.717) is 40.6 Å². The van der Waals surface area contributed by atoms with Crippen LogP contribution < -0.4 is 15.4 Å². The molecule has 0 atom stereocenters. The zero-order chi connectivity index (χ0) is 26.2. The zero-order valence-corrected chi connectivity index (χ0v) is 21.3. The molecule has 4 rings (SSSR count). The van der Waals surface area contributed by atoms with Crippen molar-refractivity contribution in [3.63, 3.8) is 0 Å². The van der Waals surface area contributed by atoms with Gasteiger partial charge in [-0.05, 0) is 61.0 Å². The molecule has 0 aromatic heterocycles. The number of methoxy groups -OCH3 is 2. The van der Waals surface area contributed by atoms with E-state index in [4.69, 9.17) is 9.47 Å². The summed E-state index contributed by atoms with van der Waals surface area (Å²) in [6.45, 7) is 0.717. The summed E-state index contributed by atoms with van der Waals surface area (Å²) in [5, 5.41) is 5.98. The normalized spacial score (nSPS) is 13.2. The SMILES string of the molecule is COCCCN1C(=O)C(Nc2ccccc2)=C(Sc2ccc(NC(=O)c3cccc(OC)c3)cc2)C1=O. The maximum Gasteiger partial charge on any atom is 0.278 e. The molecular formula is C28H27N3O5S. The second-order valence-electron chi connectivity index (χ2n) is 8.12. The van der Waals surface area contributed by atoms with Crippen LogP contribution in [0.25, 0.3) is 0 Å². The third-order valence-electron chi connectivity index (χ3n) is 5.56. The van der Waals surface area contributed by atoms with Crippen molar-refractivity contribution in [2.24, 2.45) is 0 Å². The molecule has 8 nitrogen and oxygen atoms in total. The Morgan fingerprint density at radius 2 is 1.65 bits per heavy atom. The molecule has 0 saturated heterocycles. The van der Waals surface area contributed by atoms with Crippen LogP contribution in [0.1, 0.15) is 16.8 Å². The molecule has 1 aliphatic rings. The molecule has 0 radical (unpaired) electrons. The van der Waals surface area contributed by atoms with Crippen LogP contribution in [0.5, 0.6) is 5.75 Å². The summed E-state index contributed by atoms with van der Waals surface area (Å²) in [6, 6.07) is 23.2. The monoisotopic (exact) mass is 517 g/mol. The van der Waals surface area contributed by atoms with Gasteiger partial charge >= 0.3 is 0 Å². The summed E-state index contributed by atoms with van der Waals surface area (Å²) >= 11 is 1.21. The van der Waals surface area contributed by atoms with E-state index in [2.05, 4.69) is 10.6 Å². The van der Waals surface area contributed by atoms with Crippen LogP contribution in [0.3, 0.4) is 0 Å². The van der Waals surface area contributed by atoms with Crippen molar-refractivity contribution in [2.75, 3.05) is 38.0 Å². The quantitative estimate of drug-likeness (QED) is 0.279. The Kier molecular flexibility index (Phi) is 8.60. The molecule has 0 bridgehead atoms. The third kappa shape index (κ3) is 6.38. The van der Waals surface area contributed by atoms with E-state index < -0.39 is 0 Å². The molecular weight excluding hydrogens is 490 g/mol. The topological polar surface area (TPSA) is 97.0 Å². The number of carbonyl (C=O) groups is 3. The molecule has 37 heavy (non-hydrogen) atoms. The van der Waals surface area contributed by atoms with E-state index in [0.717, 1.165) is 4.90 Å². The van der Waals surface area contributed by atoms with Gasteiger partial charge in [-0.15, -0.1) is 0 Å². The predicted molar refractivity (Wildman–Crippen MR) is 144 cm³/mol. The number of imide groups is 1. The van der Waals surface area contributed by atoms with Crippen LogP contribution >= 0.6 is 11.8 Å². The molecule has 3 amide bonds. The number of amides is 3. The first-order valence-electron chi connectivity index (χ1n) is 11.6. The summed E-state index contributed by atoms with van der Waals surface area (Å²) in [4.78, 5) is 41.3. The van der Waals surface area contributed by atoms with Gasteiger partial charge in [0.2, 0.25) is 0 Å². The number of carbonyl (C=O) groups excluding carboxylic acids is 3. The first kappa shape index (κ1) is 26.0. The Hall–Kier alpha value is -4.08. The number of benzene rings is 3. The van der Waals surface area contributed by atoms with Gasteiger partial charge in [0.25, 0.3) is 17.7 Å². The van der Waals surface area contributed by atoms with Gasteiger partial charge in [0.15, 0.2) is 0 Å². The number of nitrogens with zero attached hydrogens (tertiary/aromatic N) is 1. The maximum atomic E-state index is 13.2. The Labute approximate surface area is 219 Å². The number of nitrogens with one attached hydrogen (secondary N) is 2. The van der Waals surface area contributed by atoms with Gasteiger partial charge in [-0.3, -0.25) is 19.3 Å². The number of thioether (sulfide) groups is 1. The van der Waals surface area contributed by atoms with E-state index in [-0.39, 0.29) is 30.0 Å². The zero-order valence-electron chi connectivity index (χ0n) is 20.5. The molecule has 1 aliphatic heterocycles. The molecule has 0 spiro atoms. The minimum absolute atomic E-state index is 0.244. The van der Waals surface area contributed by atoms with E-state index in [1.807, 2.05) is 30.3 Å². The Morgan fingerprint density at radius 1 is 0.892 bits per heavy atom. The van der Waals surface area contributed by atoms with E-state index in [1.54, 1.807) is 62.8 Å². The van der Waals surface area contributed by atoms with Crippen molar-refractivity contribution in [2.45, 2.75) is 11.3 Å². The van der Waals surface area contributed by atoms with Crippen molar-refractivity contribution in [3.05, 3.63) is 95.0 Å². The smallest absolute Gasteiger partial charge is 0.278 e. The standard InChI is InChI=1S/C28H27N3O5S/c1-35-17-7-16-31-27(33)24(29-20-9-4-3-5-10-20)25(28(31)34)37-23-14-12-21(13-15-23)30-26(32)19-8-6-11-22(18-19)36-2/h3-6,8-15,18,29H,7,16-17H2,1-2H3,(H,30,32). The van der Waals surface area contributed by atoms with Crippen molar-refractivity contribution in [1.82, 2.24) is 4.90 Å². The number of ether oxygens (including phenoxy) is 2. The lowest BCUT2D eigenvalue weighted by Crippen LogP contribution is -2.33. The molecule has 190 valence electrons. The summed E-state index contributed by atoms with van der Waals surface area (Å²) in [6.07, 6.45) is 0.548. The van der Waals surface area contributed by atoms with Crippen molar-refractivity contribution < 1.29 is 23.9 Å². The average molecular weight is 518 g/mol. The van der Waals surface area contributed by atoms with Crippen molar-refractivity contribution in [1.29, 1.82) is 0 Å². The van der Waals surface area contributed by atoms with Crippen LogP contribution in [0, 0.1) is 0 Å². The van der Waals surface area contributed by atoms with Crippen LogP contribution in [0.2, 0.25) is 0 Å². The average Bonchev–Trinajstić information content (AvgIpc) is 3.14. The molecule has 2 N–H and O–H groups in total. The van der Waals surface area contributed by atoms with Gasteiger partial charge in [0.05, 0.1) is 7.11 Å². The van der Waals surface area contributed by atoms with E-state index in [1.165, 1.54) is 16.7 Å². The Morgan fingerprint density at radius 3 is 2.35 bits per heavy atom. The van der Waals surface area contributed by atoms with Crippen LogP contribution in [0.4, 0.5) is 11.4 Å². The lowest BCUT2D eigenvalue weighted by Gasteiger charge is -2.14. The minimum atomic E-state index is -0.366. The summed E-state index contributed by atoms with van der Waals surface area (Å²) < 4.78 is 10.3. The molecule has 0 saturated carbocycles. The predicted octanol–water partition coefficient (Wildman–Crippen LogP) is 4.77. The lowest BCUT2D eigenvalue weighted by molar-refractivity contribution is -0.137. The summed E-state index contributed by atoms with van der Waals surface area (Å²) in [5.41, 5.74) is 2.03. The Bertz CT molecular complexity index is 1310. The lowest BCUT2D eigenvalue weighted by atomic mass is 10.2. The molecule has 0 unspecified atom stereocenters. The fourth-order valence-corrected chi connectivity index (χ4v) is 4.63. The van der Waals surface area contributed by atoms with Crippen molar-refractivity contribution >= 4 is 40.9 Å². The minimum Gasteiger partial charge on any atom is -0.497 e. The first-order chi connectivity index (χ1) is 18.0. The highest BCUT2D eigenvalue weighted by molar-refractivity contribution is 8.04. The number of hydrogen-bond donors (Lipinski definition) is 2. The number of para-hydroxylation sites is 1. The third-order valence-corrected chi connectivity index (χ3v) is 6.65. The van der Waals surface area contributed by atoms with Gasteiger partial charge in [-0.25, -0.2) is 0 Å². The largest absolute Gasteiger partial charge is 0.497 e. The molecule has 9 heteroatoms. The number of anilines is 2. The second-order valence-corrected chi connectivity index (χ2v) is 9.20. The van der Waals surface area contributed by atoms with Gasteiger partial charge in [0, 0.05) is 42.1 Å². The van der Waals surface area contributed by atoms with Gasteiger partial charge in [0.1, 0.15) is 16.4 Å². The van der Waals surface area contributed by atoms with E-state index >= 15 is 0 Å². The Balaban J connectivity index is 1.51. The van der Waals surface area contributed by atoms with Crippen LogP contribution in [-0.2, 0) is 14.3 Å². The van der Waals surface area contributed by atoms with Gasteiger partial charge in [-0.1, -0.05) is 36.0 Å². The fraction of sp³-hybridized carbons (Fsp3) is 0.179. The molecule has 3 aromatic carbocycles. The number of rotatable bonds is 11. The number of hydrogen-bond acceptors (Lipinski definition) is 7. The van der Waals surface area contributed by atoms with Crippen LogP contribution in [-0.4, -0.2) is 50.0 Å². The van der Waals surface area contributed by atoms with Gasteiger partial charge in [-0.2, -0.15) is 0 Å². The summed E-state index contributed by atoms with van der Waals surface area (Å²) in [7, 11) is 3.13. The second kappa shape index (κ2) is 12.2. The maximum absolute atomic E-state index is 13.2. The summed E-state index contributed by atoms with van der Waals surface area (Å²) in [5.74, 6) is -0.381. The molecule has 3 aromatic rings. The van der Waals surface area contributed by atoms with E-state index in [9.17, 15) is 14.4 Å². The first-order valence-corrected chi connectivity index (χ1v) is 12.5. The highest BCUT2D eigenvalue weighted by atomic mass is 32.2. The van der Waals surface area contributed by atoms with Crippen molar-refractivity contribution in [3.8, 4) is 5.75 Å². The molecule has 0 fully saturated rings. The highest BCUT2D eigenvalue weighted by Gasteiger charge is 2.38. The fourth-order valence-electron chi connectivity index (χ4n) is 3.69. The molecule has 1 heterocycles. The van der Waals surface area contributed by atoms with Crippen LogP contribution in [0.15, 0.2) is 94.4 Å². The highest BCUT2D eigenvalue weighted by Crippen LogP contribution is 2.36. The van der Waals surface area contributed by atoms with Gasteiger partial charge < -0.3 is 20.1 Å². The molecule has 0 aliphatic carbocycles.